The van der Waals surface area contributed by atoms with Crippen molar-refractivity contribution in [2.75, 3.05) is 5.75 Å². The van der Waals surface area contributed by atoms with Gasteiger partial charge < -0.3 is 5.11 Å². The fourth-order valence-corrected chi connectivity index (χ4v) is 4.46. The lowest BCUT2D eigenvalue weighted by atomic mass is 9.85. The Morgan fingerprint density at radius 2 is 1.43 bits per heavy atom. The van der Waals surface area contributed by atoms with E-state index in [1.807, 2.05) is 60.7 Å². The molecule has 2 heterocycles. The number of thioether (sulfide) groups is 1. The molecular weight excluding hydrogens is 392 g/mol. The van der Waals surface area contributed by atoms with E-state index >= 15 is 0 Å². The maximum absolute atomic E-state index is 12.1. The summed E-state index contributed by atoms with van der Waals surface area (Å²) in [5, 5.41) is 26.3. The molecule has 5 rings (SSSR count). The Kier molecular flexibility index (Phi) is 4.73. The normalized spacial score (nSPS) is 13.6. The van der Waals surface area contributed by atoms with E-state index in [-0.39, 0.29) is 0 Å². The molecule has 1 N–H and O–H groups in total. The molecule has 0 atom stereocenters. The minimum Gasteiger partial charge on any atom is -0.373 e. The van der Waals surface area contributed by atoms with Crippen molar-refractivity contribution in [1.82, 2.24) is 14.9 Å². The van der Waals surface area contributed by atoms with Crippen LogP contribution >= 0.6 is 11.8 Å². The van der Waals surface area contributed by atoms with E-state index in [1.165, 1.54) is 5.56 Å². The van der Waals surface area contributed by atoms with Crippen molar-refractivity contribution in [3.63, 3.8) is 0 Å². The molecule has 30 heavy (non-hydrogen) atoms. The van der Waals surface area contributed by atoms with E-state index in [0.717, 1.165) is 11.3 Å². The Hall–Kier alpha value is -3.22. The van der Waals surface area contributed by atoms with Gasteiger partial charge in [-0.1, -0.05) is 102 Å². The maximum atomic E-state index is 12.1. The lowest BCUT2D eigenvalue weighted by Crippen LogP contribution is -2.33. The van der Waals surface area contributed by atoms with Crippen LogP contribution < -0.4 is 0 Å². The molecule has 5 nitrogen and oxygen atoms in total. The molecule has 0 aliphatic carbocycles. The Morgan fingerprint density at radius 3 is 2.03 bits per heavy atom. The molecule has 0 fully saturated rings. The van der Waals surface area contributed by atoms with Crippen molar-refractivity contribution in [3.8, 4) is 0 Å². The largest absolute Gasteiger partial charge is 0.373 e. The standard InChI is InChI=1S/C24H20N4OS/c1-17-12-14-18(15-13-17)21-16-30-23-26-25-22(28(23)27-21)24(29,19-8-4-2-5-9-19)20-10-6-3-7-11-20/h2-15,29H,16H2,1H3. The van der Waals surface area contributed by atoms with Gasteiger partial charge in [0.15, 0.2) is 11.4 Å². The summed E-state index contributed by atoms with van der Waals surface area (Å²) in [5.74, 6) is 1.09. The van der Waals surface area contributed by atoms with Crippen molar-refractivity contribution in [2.45, 2.75) is 17.7 Å². The number of rotatable bonds is 4. The summed E-state index contributed by atoms with van der Waals surface area (Å²) >= 11 is 1.57. The number of aromatic nitrogens is 3. The topological polar surface area (TPSA) is 63.3 Å². The minimum absolute atomic E-state index is 0.381. The van der Waals surface area contributed by atoms with Gasteiger partial charge in [0, 0.05) is 5.75 Å². The highest BCUT2D eigenvalue weighted by molar-refractivity contribution is 7.99. The van der Waals surface area contributed by atoms with Gasteiger partial charge in [0.25, 0.3) is 0 Å². The first-order valence-electron chi connectivity index (χ1n) is 9.73. The van der Waals surface area contributed by atoms with Gasteiger partial charge in [-0.15, -0.1) is 10.2 Å². The highest BCUT2D eigenvalue weighted by atomic mass is 32.2. The second-order valence-electron chi connectivity index (χ2n) is 7.26. The number of aryl methyl sites for hydroxylation is 1. The van der Waals surface area contributed by atoms with Crippen molar-refractivity contribution in [2.24, 2.45) is 5.10 Å². The third-order valence-electron chi connectivity index (χ3n) is 5.26. The second-order valence-corrected chi connectivity index (χ2v) is 8.20. The monoisotopic (exact) mass is 412 g/mol. The maximum Gasteiger partial charge on any atom is 0.212 e. The molecule has 6 heteroatoms. The number of fused-ring (bicyclic) bond motifs is 1. The summed E-state index contributed by atoms with van der Waals surface area (Å²) in [6.45, 7) is 2.07. The number of nitrogens with zero attached hydrogens (tertiary/aromatic N) is 4. The number of benzene rings is 3. The number of hydrogen-bond donors (Lipinski definition) is 1. The second kappa shape index (κ2) is 7.55. The van der Waals surface area contributed by atoms with E-state index in [4.69, 9.17) is 5.10 Å². The highest BCUT2D eigenvalue weighted by Gasteiger charge is 2.40. The molecule has 0 saturated heterocycles. The van der Waals surface area contributed by atoms with Crippen LogP contribution in [0.15, 0.2) is 95.2 Å². The Bertz CT molecular complexity index is 1160. The lowest BCUT2D eigenvalue weighted by Gasteiger charge is -2.28. The summed E-state index contributed by atoms with van der Waals surface area (Å²) in [7, 11) is 0. The first-order valence-corrected chi connectivity index (χ1v) is 10.7. The molecule has 3 aromatic carbocycles. The summed E-state index contributed by atoms with van der Waals surface area (Å²) in [6, 6.07) is 27.4. The van der Waals surface area contributed by atoms with Gasteiger partial charge in [0.1, 0.15) is 0 Å². The highest BCUT2D eigenvalue weighted by Crippen LogP contribution is 2.38. The smallest absolute Gasteiger partial charge is 0.212 e. The summed E-state index contributed by atoms with van der Waals surface area (Å²) in [6.07, 6.45) is 0. The zero-order valence-electron chi connectivity index (χ0n) is 16.4. The van der Waals surface area contributed by atoms with Gasteiger partial charge in [-0.25, -0.2) is 0 Å². The average Bonchev–Trinajstić information content (AvgIpc) is 3.24. The van der Waals surface area contributed by atoms with Crippen LogP contribution in [0.25, 0.3) is 0 Å². The van der Waals surface area contributed by atoms with Gasteiger partial charge in [-0.05, 0) is 23.6 Å². The van der Waals surface area contributed by atoms with Crippen LogP contribution in [0.2, 0.25) is 0 Å². The zero-order valence-corrected chi connectivity index (χ0v) is 17.3. The third kappa shape index (κ3) is 3.14. The van der Waals surface area contributed by atoms with Gasteiger partial charge in [-0.2, -0.15) is 9.78 Å². The molecule has 0 saturated carbocycles. The molecule has 1 aliphatic heterocycles. The van der Waals surface area contributed by atoms with Crippen LogP contribution in [0.5, 0.6) is 0 Å². The molecule has 0 unspecified atom stereocenters. The fourth-order valence-electron chi connectivity index (χ4n) is 3.62. The molecule has 1 aliphatic rings. The van der Waals surface area contributed by atoms with Crippen molar-refractivity contribution in [3.05, 3.63) is 113 Å². The Labute approximate surface area is 179 Å². The number of aliphatic hydroxyl groups is 1. The average molecular weight is 413 g/mol. The van der Waals surface area contributed by atoms with Crippen molar-refractivity contribution >= 4 is 17.5 Å². The summed E-state index contributed by atoms with van der Waals surface area (Å²) < 4.78 is 1.68. The van der Waals surface area contributed by atoms with Crippen molar-refractivity contribution < 1.29 is 5.11 Å². The summed E-state index contributed by atoms with van der Waals surface area (Å²) in [5.41, 5.74) is 3.14. The first kappa shape index (κ1) is 18.8. The van der Waals surface area contributed by atoms with Crippen LogP contribution in [-0.2, 0) is 5.60 Å². The van der Waals surface area contributed by atoms with Gasteiger partial charge in [0.2, 0.25) is 5.16 Å². The minimum atomic E-state index is -1.48. The molecule has 148 valence electrons. The molecule has 1 aromatic heterocycles. The summed E-state index contributed by atoms with van der Waals surface area (Å²) in [4.78, 5) is 0. The molecule has 0 radical (unpaired) electrons. The van der Waals surface area contributed by atoms with E-state index < -0.39 is 5.60 Å². The van der Waals surface area contributed by atoms with E-state index in [0.29, 0.717) is 27.9 Å². The van der Waals surface area contributed by atoms with Gasteiger partial charge >= 0.3 is 0 Å². The Morgan fingerprint density at radius 1 is 0.833 bits per heavy atom. The van der Waals surface area contributed by atoms with Crippen LogP contribution in [0.3, 0.4) is 0 Å². The van der Waals surface area contributed by atoms with E-state index in [1.54, 1.807) is 16.4 Å². The predicted molar refractivity (Wildman–Crippen MR) is 119 cm³/mol. The van der Waals surface area contributed by atoms with E-state index in [9.17, 15) is 5.11 Å². The predicted octanol–water partition coefficient (Wildman–Crippen LogP) is 4.23. The first-order chi connectivity index (χ1) is 14.7. The molecule has 0 amide bonds. The SMILES string of the molecule is Cc1ccc(C2=Nn3c(nnc3C(O)(c3ccccc3)c3ccccc3)SC2)cc1. The van der Waals surface area contributed by atoms with Crippen molar-refractivity contribution in [1.29, 1.82) is 0 Å². The van der Waals surface area contributed by atoms with E-state index in [2.05, 4.69) is 41.4 Å². The van der Waals surface area contributed by atoms with Crippen LogP contribution in [0.1, 0.15) is 28.1 Å². The number of hydrogen-bond acceptors (Lipinski definition) is 5. The zero-order chi connectivity index (χ0) is 20.6. The lowest BCUT2D eigenvalue weighted by molar-refractivity contribution is 0.111. The molecule has 0 spiro atoms. The molecular formula is C24H20N4OS. The van der Waals surface area contributed by atoms with Gasteiger partial charge in [-0.3, -0.25) is 0 Å². The van der Waals surface area contributed by atoms with Crippen LogP contribution in [0.4, 0.5) is 0 Å². The Balaban J connectivity index is 1.69. The quantitative estimate of drug-likeness (QED) is 0.545. The van der Waals surface area contributed by atoms with Gasteiger partial charge in [0.05, 0.1) is 5.71 Å². The molecule has 4 aromatic rings. The fraction of sp³-hybridized carbons (Fsp3) is 0.125. The van der Waals surface area contributed by atoms with Crippen LogP contribution in [-0.4, -0.2) is 31.4 Å². The van der Waals surface area contributed by atoms with Crippen LogP contribution in [0, 0.1) is 6.92 Å². The molecule has 0 bridgehead atoms. The third-order valence-corrected chi connectivity index (χ3v) is 6.19.